The zero-order valence-corrected chi connectivity index (χ0v) is 16.5. The lowest BCUT2D eigenvalue weighted by molar-refractivity contribution is -0.121. The summed E-state index contributed by atoms with van der Waals surface area (Å²) in [6.07, 6.45) is 3.03. The molecule has 0 saturated carbocycles. The van der Waals surface area contributed by atoms with Gasteiger partial charge >= 0.3 is 0 Å². The SMILES string of the molecule is O=C(CCc1cccc(Cl)c1Cl)NCc1ccc(C(=O)N2CCCC2)cc1. The molecule has 0 spiro atoms. The van der Waals surface area contributed by atoms with E-state index in [9.17, 15) is 9.59 Å². The van der Waals surface area contributed by atoms with Gasteiger partial charge in [0.1, 0.15) is 0 Å². The maximum absolute atomic E-state index is 12.3. The van der Waals surface area contributed by atoms with Crippen molar-refractivity contribution in [2.45, 2.75) is 32.2 Å². The fourth-order valence-corrected chi connectivity index (χ4v) is 3.56. The number of amides is 2. The summed E-state index contributed by atoms with van der Waals surface area (Å²) in [6.45, 7) is 2.11. The topological polar surface area (TPSA) is 49.4 Å². The van der Waals surface area contributed by atoms with Crippen LogP contribution in [0.5, 0.6) is 0 Å². The van der Waals surface area contributed by atoms with Gasteiger partial charge in [-0.25, -0.2) is 0 Å². The van der Waals surface area contributed by atoms with Gasteiger partial charge in [0.25, 0.3) is 5.91 Å². The van der Waals surface area contributed by atoms with Gasteiger partial charge in [-0.2, -0.15) is 0 Å². The third-order valence-electron chi connectivity index (χ3n) is 4.74. The third kappa shape index (κ3) is 5.24. The largest absolute Gasteiger partial charge is 0.352 e. The van der Waals surface area contributed by atoms with Gasteiger partial charge in [0, 0.05) is 31.6 Å². The Morgan fingerprint density at radius 1 is 1.00 bits per heavy atom. The summed E-state index contributed by atoms with van der Waals surface area (Å²) in [6, 6.07) is 12.9. The maximum atomic E-state index is 12.3. The lowest BCUT2D eigenvalue weighted by Gasteiger charge is -2.15. The lowest BCUT2D eigenvalue weighted by Crippen LogP contribution is -2.27. The molecule has 0 aliphatic carbocycles. The van der Waals surface area contributed by atoms with Gasteiger partial charge in [0.05, 0.1) is 10.0 Å². The Morgan fingerprint density at radius 2 is 1.70 bits per heavy atom. The van der Waals surface area contributed by atoms with Crippen molar-refractivity contribution in [3.8, 4) is 0 Å². The van der Waals surface area contributed by atoms with Gasteiger partial charge in [-0.3, -0.25) is 9.59 Å². The highest BCUT2D eigenvalue weighted by Gasteiger charge is 2.19. The highest BCUT2D eigenvalue weighted by molar-refractivity contribution is 6.42. The Labute approximate surface area is 169 Å². The Balaban J connectivity index is 1.47. The van der Waals surface area contributed by atoms with Gasteiger partial charge in [-0.05, 0) is 48.6 Å². The molecule has 27 heavy (non-hydrogen) atoms. The minimum atomic E-state index is -0.0525. The second-order valence-corrected chi connectivity index (χ2v) is 7.47. The maximum Gasteiger partial charge on any atom is 0.253 e. The average Bonchev–Trinajstić information content (AvgIpc) is 3.22. The molecule has 142 valence electrons. The number of hydrogen-bond donors (Lipinski definition) is 1. The standard InChI is InChI=1S/C21H22Cl2N2O2/c22-18-5-3-4-16(20(18)23)10-11-19(26)24-14-15-6-8-17(9-7-15)21(27)25-12-1-2-13-25/h3-9H,1-2,10-14H2,(H,24,26). The molecule has 2 amide bonds. The van der Waals surface area contributed by atoms with Crippen molar-refractivity contribution in [2.75, 3.05) is 13.1 Å². The summed E-state index contributed by atoms with van der Waals surface area (Å²) >= 11 is 12.1. The highest BCUT2D eigenvalue weighted by Crippen LogP contribution is 2.26. The van der Waals surface area contributed by atoms with Gasteiger partial charge in [-0.15, -0.1) is 0 Å². The predicted octanol–water partition coefficient (Wildman–Crippen LogP) is 4.48. The van der Waals surface area contributed by atoms with E-state index in [1.807, 2.05) is 41.3 Å². The van der Waals surface area contributed by atoms with E-state index in [4.69, 9.17) is 23.2 Å². The molecule has 1 fully saturated rings. The molecule has 1 aliphatic heterocycles. The van der Waals surface area contributed by atoms with E-state index in [0.29, 0.717) is 35.0 Å². The van der Waals surface area contributed by atoms with Crippen LogP contribution in [-0.2, 0) is 17.8 Å². The molecule has 1 aliphatic rings. The molecule has 0 radical (unpaired) electrons. The van der Waals surface area contributed by atoms with E-state index < -0.39 is 0 Å². The molecule has 1 N–H and O–H groups in total. The van der Waals surface area contributed by atoms with Gasteiger partial charge in [-0.1, -0.05) is 47.5 Å². The molecule has 0 bridgehead atoms. The minimum Gasteiger partial charge on any atom is -0.352 e. The molecule has 0 aromatic heterocycles. The fourth-order valence-electron chi connectivity index (χ4n) is 3.15. The Bertz CT molecular complexity index is 815. The van der Waals surface area contributed by atoms with Crippen LogP contribution in [0.3, 0.4) is 0 Å². The van der Waals surface area contributed by atoms with Crippen LogP contribution < -0.4 is 5.32 Å². The quantitative estimate of drug-likeness (QED) is 0.771. The summed E-state index contributed by atoms with van der Waals surface area (Å²) in [7, 11) is 0. The molecule has 6 heteroatoms. The molecule has 3 rings (SSSR count). The number of carbonyl (C=O) groups is 2. The molecular formula is C21H22Cl2N2O2. The Hall–Kier alpha value is -2.04. The van der Waals surface area contributed by atoms with E-state index in [0.717, 1.165) is 37.1 Å². The summed E-state index contributed by atoms with van der Waals surface area (Å²) in [5.41, 5.74) is 2.52. The molecule has 1 saturated heterocycles. The molecular weight excluding hydrogens is 383 g/mol. The number of carbonyl (C=O) groups excluding carboxylic acids is 2. The van der Waals surface area contributed by atoms with Crippen LogP contribution >= 0.6 is 23.2 Å². The highest BCUT2D eigenvalue weighted by atomic mass is 35.5. The first-order valence-electron chi connectivity index (χ1n) is 9.12. The smallest absolute Gasteiger partial charge is 0.253 e. The molecule has 2 aromatic rings. The van der Waals surface area contributed by atoms with Crippen molar-refractivity contribution in [3.63, 3.8) is 0 Å². The summed E-state index contributed by atoms with van der Waals surface area (Å²) in [4.78, 5) is 26.3. The van der Waals surface area contributed by atoms with E-state index in [-0.39, 0.29) is 11.8 Å². The minimum absolute atomic E-state index is 0.0525. The zero-order chi connectivity index (χ0) is 19.2. The summed E-state index contributed by atoms with van der Waals surface area (Å²) in [5, 5.41) is 3.90. The van der Waals surface area contributed by atoms with Crippen LogP contribution in [0.4, 0.5) is 0 Å². The number of likely N-dealkylation sites (tertiary alicyclic amines) is 1. The molecule has 1 heterocycles. The van der Waals surface area contributed by atoms with Crippen LogP contribution in [0.25, 0.3) is 0 Å². The molecule has 0 unspecified atom stereocenters. The first-order chi connectivity index (χ1) is 13.0. The van der Waals surface area contributed by atoms with E-state index in [1.165, 1.54) is 0 Å². The number of rotatable bonds is 6. The van der Waals surface area contributed by atoms with Crippen LogP contribution in [0, 0.1) is 0 Å². The van der Waals surface area contributed by atoms with Crippen LogP contribution in [-0.4, -0.2) is 29.8 Å². The predicted molar refractivity (Wildman–Crippen MR) is 108 cm³/mol. The average molecular weight is 405 g/mol. The van der Waals surface area contributed by atoms with Crippen molar-refractivity contribution >= 4 is 35.0 Å². The van der Waals surface area contributed by atoms with Crippen molar-refractivity contribution in [1.82, 2.24) is 10.2 Å². The second-order valence-electron chi connectivity index (χ2n) is 6.69. The van der Waals surface area contributed by atoms with Crippen LogP contribution in [0.15, 0.2) is 42.5 Å². The van der Waals surface area contributed by atoms with Crippen molar-refractivity contribution in [2.24, 2.45) is 0 Å². The number of benzene rings is 2. The number of nitrogens with zero attached hydrogens (tertiary/aromatic N) is 1. The zero-order valence-electron chi connectivity index (χ0n) is 15.0. The number of halogens is 2. The van der Waals surface area contributed by atoms with E-state index in [2.05, 4.69) is 5.32 Å². The normalized spacial score (nSPS) is 13.6. The van der Waals surface area contributed by atoms with Crippen molar-refractivity contribution in [3.05, 3.63) is 69.2 Å². The fraction of sp³-hybridized carbons (Fsp3) is 0.333. The number of hydrogen-bond acceptors (Lipinski definition) is 2. The Morgan fingerprint density at radius 3 is 2.41 bits per heavy atom. The Kier molecular flexibility index (Phi) is 6.75. The van der Waals surface area contributed by atoms with Crippen molar-refractivity contribution in [1.29, 1.82) is 0 Å². The van der Waals surface area contributed by atoms with Gasteiger partial charge in [0.2, 0.25) is 5.91 Å². The first kappa shape index (κ1) is 19.7. The summed E-state index contributed by atoms with van der Waals surface area (Å²) in [5.74, 6) is 0.0322. The number of aryl methyl sites for hydroxylation is 1. The monoisotopic (exact) mass is 404 g/mol. The van der Waals surface area contributed by atoms with E-state index in [1.54, 1.807) is 6.07 Å². The number of nitrogens with one attached hydrogen (secondary N) is 1. The first-order valence-corrected chi connectivity index (χ1v) is 9.88. The second kappa shape index (κ2) is 9.25. The van der Waals surface area contributed by atoms with Crippen LogP contribution in [0.1, 0.15) is 40.7 Å². The molecule has 0 atom stereocenters. The van der Waals surface area contributed by atoms with Crippen LogP contribution in [0.2, 0.25) is 10.0 Å². The van der Waals surface area contributed by atoms with Crippen molar-refractivity contribution < 1.29 is 9.59 Å². The molecule has 2 aromatic carbocycles. The lowest BCUT2D eigenvalue weighted by atomic mass is 10.1. The van der Waals surface area contributed by atoms with Gasteiger partial charge < -0.3 is 10.2 Å². The van der Waals surface area contributed by atoms with Gasteiger partial charge in [0.15, 0.2) is 0 Å². The van der Waals surface area contributed by atoms with E-state index >= 15 is 0 Å². The third-order valence-corrected chi connectivity index (χ3v) is 5.59. The molecule has 4 nitrogen and oxygen atoms in total. The summed E-state index contributed by atoms with van der Waals surface area (Å²) < 4.78 is 0.